The van der Waals surface area contributed by atoms with Crippen molar-refractivity contribution in [3.05, 3.63) is 164 Å². The molecule has 0 radical (unpaired) electrons. The Kier molecular flexibility index (Phi) is 5.57. The summed E-state index contributed by atoms with van der Waals surface area (Å²) in [5.74, 6) is 0. The van der Waals surface area contributed by atoms with Gasteiger partial charge in [0.2, 0.25) is 0 Å². The van der Waals surface area contributed by atoms with Crippen LogP contribution >= 0.6 is 0 Å². The standard InChI is InChI=1S/C44H27NO2/c1-3-14-28(15-4-1)37-26-30(27-40-41(37)42-34-21-9-7-18-31(34)32-19-8-10-22-35(32)44(42)47-40)45(29-16-5-2-6-17-29)38-24-13-23-36-33-20-11-12-25-39(33)46-43(36)38/h1-27H. The van der Waals surface area contributed by atoms with E-state index < -0.39 is 0 Å². The minimum atomic E-state index is 0.843. The highest BCUT2D eigenvalue weighted by atomic mass is 16.3. The van der Waals surface area contributed by atoms with Gasteiger partial charge in [-0.2, -0.15) is 0 Å². The highest BCUT2D eigenvalue weighted by molar-refractivity contribution is 6.32. The van der Waals surface area contributed by atoms with Crippen LogP contribution in [0.25, 0.3) is 76.5 Å². The third-order valence-electron chi connectivity index (χ3n) is 9.42. The van der Waals surface area contributed by atoms with Crippen LogP contribution in [0.3, 0.4) is 0 Å². The molecule has 10 rings (SSSR count). The van der Waals surface area contributed by atoms with E-state index in [0.717, 1.165) is 77.5 Å². The number of benzene rings is 8. The van der Waals surface area contributed by atoms with Gasteiger partial charge in [0.15, 0.2) is 5.58 Å². The minimum Gasteiger partial charge on any atom is -0.455 e. The first kappa shape index (κ1) is 26.0. The van der Waals surface area contributed by atoms with E-state index in [1.165, 1.54) is 16.2 Å². The second kappa shape index (κ2) is 10.1. The van der Waals surface area contributed by atoms with Crippen LogP contribution in [0.2, 0.25) is 0 Å². The van der Waals surface area contributed by atoms with Gasteiger partial charge in [0, 0.05) is 38.7 Å². The Morgan fingerprint density at radius 3 is 1.72 bits per heavy atom. The topological polar surface area (TPSA) is 29.5 Å². The van der Waals surface area contributed by atoms with E-state index in [4.69, 9.17) is 8.83 Å². The van der Waals surface area contributed by atoms with Crippen molar-refractivity contribution in [2.75, 3.05) is 4.90 Å². The maximum Gasteiger partial charge on any atom is 0.159 e. The molecule has 2 heterocycles. The predicted molar refractivity (Wildman–Crippen MR) is 196 cm³/mol. The molecule has 0 N–H and O–H groups in total. The van der Waals surface area contributed by atoms with Gasteiger partial charge in [0.25, 0.3) is 0 Å². The number of nitrogens with zero attached hydrogens (tertiary/aromatic N) is 1. The number of furan rings is 2. The predicted octanol–water partition coefficient (Wildman–Crippen LogP) is 12.9. The van der Waals surface area contributed by atoms with Crippen molar-refractivity contribution in [3.8, 4) is 11.1 Å². The van der Waals surface area contributed by atoms with E-state index >= 15 is 0 Å². The van der Waals surface area contributed by atoms with E-state index in [2.05, 4.69) is 157 Å². The first-order valence-corrected chi connectivity index (χ1v) is 15.9. The first-order valence-electron chi connectivity index (χ1n) is 15.9. The lowest BCUT2D eigenvalue weighted by atomic mass is 9.93. The molecule has 2 aromatic heterocycles. The summed E-state index contributed by atoms with van der Waals surface area (Å²) in [6.45, 7) is 0. The third kappa shape index (κ3) is 3.87. The lowest BCUT2D eigenvalue weighted by molar-refractivity contribution is 0.668. The zero-order valence-electron chi connectivity index (χ0n) is 25.4. The SMILES string of the molecule is c1ccc(-c2cc(N(c3ccccc3)c3cccc4c3oc3ccccc34)cc3oc4c5ccccc5c5ccccc5c4c23)cc1. The van der Waals surface area contributed by atoms with Crippen molar-refractivity contribution in [2.45, 2.75) is 0 Å². The Bertz CT molecular complexity index is 2790. The molecular formula is C44H27NO2. The molecule has 0 atom stereocenters. The monoisotopic (exact) mass is 601 g/mol. The fourth-order valence-corrected chi connectivity index (χ4v) is 7.40. The number of fused-ring (bicyclic) bond motifs is 11. The van der Waals surface area contributed by atoms with Crippen LogP contribution in [0, 0.1) is 0 Å². The normalized spacial score (nSPS) is 11.8. The fraction of sp³-hybridized carbons (Fsp3) is 0. The van der Waals surface area contributed by atoms with Gasteiger partial charge in [0.1, 0.15) is 16.7 Å². The Morgan fingerprint density at radius 2 is 0.936 bits per heavy atom. The zero-order valence-corrected chi connectivity index (χ0v) is 25.4. The van der Waals surface area contributed by atoms with Gasteiger partial charge >= 0.3 is 0 Å². The van der Waals surface area contributed by atoms with E-state index in [-0.39, 0.29) is 0 Å². The Balaban J connectivity index is 1.35. The van der Waals surface area contributed by atoms with Crippen molar-refractivity contribution in [1.29, 1.82) is 0 Å². The molecule has 0 amide bonds. The van der Waals surface area contributed by atoms with E-state index in [9.17, 15) is 0 Å². The summed E-state index contributed by atoms with van der Waals surface area (Å²) < 4.78 is 13.6. The molecule has 8 aromatic carbocycles. The maximum atomic E-state index is 6.98. The number of anilines is 3. The van der Waals surface area contributed by atoms with Crippen molar-refractivity contribution in [1.82, 2.24) is 0 Å². The van der Waals surface area contributed by atoms with Crippen LogP contribution < -0.4 is 4.90 Å². The van der Waals surface area contributed by atoms with Gasteiger partial charge in [-0.05, 0) is 57.6 Å². The van der Waals surface area contributed by atoms with Gasteiger partial charge in [0.05, 0.1) is 11.4 Å². The smallest absolute Gasteiger partial charge is 0.159 e. The Morgan fingerprint density at radius 1 is 0.362 bits per heavy atom. The van der Waals surface area contributed by atoms with E-state index in [1.54, 1.807) is 0 Å². The molecule has 220 valence electrons. The number of hydrogen-bond acceptors (Lipinski definition) is 3. The highest BCUT2D eigenvalue weighted by Gasteiger charge is 2.24. The molecule has 47 heavy (non-hydrogen) atoms. The fourth-order valence-electron chi connectivity index (χ4n) is 7.40. The van der Waals surface area contributed by atoms with E-state index in [0.29, 0.717) is 0 Å². The summed E-state index contributed by atoms with van der Waals surface area (Å²) in [5, 5.41) is 9.18. The maximum absolute atomic E-state index is 6.98. The van der Waals surface area contributed by atoms with Crippen molar-refractivity contribution in [3.63, 3.8) is 0 Å². The lowest BCUT2D eigenvalue weighted by Gasteiger charge is -2.26. The molecule has 0 saturated heterocycles. The van der Waals surface area contributed by atoms with Crippen LogP contribution in [-0.2, 0) is 0 Å². The lowest BCUT2D eigenvalue weighted by Crippen LogP contribution is -2.10. The van der Waals surface area contributed by atoms with Gasteiger partial charge < -0.3 is 13.7 Å². The molecule has 0 aliphatic rings. The largest absolute Gasteiger partial charge is 0.455 e. The number of rotatable bonds is 4. The summed E-state index contributed by atoms with van der Waals surface area (Å²) in [6.07, 6.45) is 0. The van der Waals surface area contributed by atoms with Gasteiger partial charge in [-0.3, -0.25) is 0 Å². The minimum absolute atomic E-state index is 0.843. The van der Waals surface area contributed by atoms with E-state index in [1.807, 2.05) is 12.1 Å². The van der Waals surface area contributed by atoms with Crippen molar-refractivity contribution < 1.29 is 8.83 Å². The molecular weight excluding hydrogens is 574 g/mol. The van der Waals surface area contributed by atoms with Crippen molar-refractivity contribution >= 4 is 82.5 Å². The molecule has 0 aliphatic heterocycles. The molecule has 0 spiro atoms. The average molecular weight is 602 g/mol. The van der Waals surface area contributed by atoms with Crippen LogP contribution in [0.4, 0.5) is 17.1 Å². The summed E-state index contributed by atoms with van der Waals surface area (Å²) in [7, 11) is 0. The quantitative estimate of drug-likeness (QED) is 0.188. The summed E-state index contributed by atoms with van der Waals surface area (Å²) in [6, 6.07) is 57.6. The molecule has 10 aromatic rings. The summed E-state index contributed by atoms with van der Waals surface area (Å²) >= 11 is 0. The van der Waals surface area contributed by atoms with Gasteiger partial charge in [-0.25, -0.2) is 0 Å². The Labute approximate surface area is 270 Å². The molecule has 3 nitrogen and oxygen atoms in total. The number of hydrogen-bond donors (Lipinski definition) is 0. The van der Waals surface area contributed by atoms with Gasteiger partial charge in [-0.1, -0.05) is 127 Å². The zero-order chi connectivity index (χ0) is 30.9. The third-order valence-corrected chi connectivity index (χ3v) is 9.42. The summed E-state index contributed by atoms with van der Waals surface area (Å²) in [4.78, 5) is 2.29. The second-order valence-corrected chi connectivity index (χ2v) is 12.1. The van der Waals surface area contributed by atoms with Crippen molar-refractivity contribution in [2.24, 2.45) is 0 Å². The number of para-hydroxylation sites is 3. The van der Waals surface area contributed by atoms with Gasteiger partial charge in [-0.15, -0.1) is 0 Å². The second-order valence-electron chi connectivity index (χ2n) is 12.1. The van der Waals surface area contributed by atoms with Crippen LogP contribution in [0.5, 0.6) is 0 Å². The first-order chi connectivity index (χ1) is 23.3. The molecule has 0 bridgehead atoms. The molecule has 0 fully saturated rings. The molecule has 3 heteroatoms. The highest BCUT2D eigenvalue weighted by Crippen LogP contribution is 2.48. The molecule has 0 unspecified atom stereocenters. The van der Waals surface area contributed by atoms with Crippen LogP contribution in [0.15, 0.2) is 173 Å². The average Bonchev–Trinajstić information content (AvgIpc) is 3.72. The molecule has 0 saturated carbocycles. The van der Waals surface area contributed by atoms with Crippen LogP contribution in [0.1, 0.15) is 0 Å². The molecule has 0 aliphatic carbocycles. The van der Waals surface area contributed by atoms with Crippen LogP contribution in [-0.4, -0.2) is 0 Å². The Hall–Kier alpha value is -6.32. The summed E-state index contributed by atoms with van der Waals surface area (Å²) in [5.41, 5.74) is 8.72.